The molecular weight excluding hydrogens is 266 g/mol. The SMILES string of the molecule is O=C(Oc1csc(=S)[nH]1)c1ccc(Cl)cc1. The van der Waals surface area contributed by atoms with Crippen LogP contribution in [0.15, 0.2) is 29.6 Å². The monoisotopic (exact) mass is 271 g/mol. The molecule has 6 heteroatoms. The van der Waals surface area contributed by atoms with Crippen LogP contribution in [0.1, 0.15) is 10.4 Å². The third kappa shape index (κ3) is 2.69. The van der Waals surface area contributed by atoms with E-state index in [-0.39, 0.29) is 0 Å². The summed E-state index contributed by atoms with van der Waals surface area (Å²) in [7, 11) is 0. The van der Waals surface area contributed by atoms with Gasteiger partial charge in [0.1, 0.15) is 0 Å². The van der Waals surface area contributed by atoms with Crippen molar-refractivity contribution in [2.24, 2.45) is 0 Å². The van der Waals surface area contributed by atoms with Gasteiger partial charge in [-0.2, -0.15) is 0 Å². The fourth-order valence-corrected chi connectivity index (χ4v) is 1.91. The second-order valence-corrected chi connectivity index (χ2v) is 4.89. The van der Waals surface area contributed by atoms with Crippen molar-refractivity contribution in [3.63, 3.8) is 0 Å². The van der Waals surface area contributed by atoms with Crippen LogP contribution in [0.25, 0.3) is 0 Å². The molecule has 0 fully saturated rings. The lowest BCUT2D eigenvalue weighted by molar-refractivity contribution is 0.0728. The molecule has 0 aliphatic rings. The molecule has 1 heterocycles. The molecule has 1 aromatic heterocycles. The van der Waals surface area contributed by atoms with E-state index in [0.29, 0.717) is 20.4 Å². The molecule has 82 valence electrons. The van der Waals surface area contributed by atoms with Gasteiger partial charge in [0.15, 0.2) is 3.95 Å². The molecule has 0 aliphatic carbocycles. The van der Waals surface area contributed by atoms with Gasteiger partial charge in [-0.1, -0.05) is 11.6 Å². The summed E-state index contributed by atoms with van der Waals surface area (Å²) in [6.07, 6.45) is 0. The number of benzene rings is 1. The highest BCUT2D eigenvalue weighted by Gasteiger charge is 2.08. The maximum Gasteiger partial charge on any atom is 0.344 e. The van der Waals surface area contributed by atoms with Gasteiger partial charge >= 0.3 is 5.97 Å². The minimum atomic E-state index is -0.444. The molecule has 2 aromatic rings. The van der Waals surface area contributed by atoms with Crippen molar-refractivity contribution in [2.75, 3.05) is 0 Å². The van der Waals surface area contributed by atoms with Gasteiger partial charge in [0.05, 0.1) is 10.9 Å². The number of nitrogens with one attached hydrogen (secondary N) is 1. The number of carbonyl (C=O) groups excluding carboxylic acids is 1. The van der Waals surface area contributed by atoms with Crippen LogP contribution < -0.4 is 4.74 Å². The Hall–Kier alpha value is -1.17. The zero-order chi connectivity index (χ0) is 11.5. The quantitative estimate of drug-likeness (QED) is 0.669. The average molecular weight is 272 g/mol. The number of ether oxygens (including phenoxy) is 1. The molecule has 3 nitrogen and oxygen atoms in total. The lowest BCUT2D eigenvalue weighted by Crippen LogP contribution is -2.08. The van der Waals surface area contributed by atoms with Gasteiger partial charge in [-0.05, 0) is 36.5 Å². The summed E-state index contributed by atoms with van der Waals surface area (Å²) < 4.78 is 5.64. The smallest absolute Gasteiger partial charge is 0.344 e. The Labute approximate surface area is 106 Å². The van der Waals surface area contributed by atoms with Crippen LogP contribution in [-0.4, -0.2) is 11.0 Å². The maximum atomic E-state index is 11.6. The number of aromatic amines is 1. The number of hydrogen-bond donors (Lipinski definition) is 1. The first kappa shape index (κ1) is 11.3. The first-order chi connectivity index (χ1) is 7.65. The van der Waals surface area contributed by atoms with E-state index < -0.39 is 5.97 Å². The zero-order valence-corrected chi connectivity index (χ0v) is 10.3. The summed E-state index contributed by atoms with van der Waals surface area (Å²) in [6, 6.07) is 6.47. The first-order valence-electron chi connectivity index (χ1n) is 4.31. The van der Waals surface area contributed by atoms with Crippen molar-refractivity contribution in [1.82, 2.24) is 4.98 Å². The van der Waals surface area contributed by atoms with Crippen molar-refractivity contribution in [2.45, 2.75) is 0 Å². The number of esters is 1. The Morgan fingerprint density at radius 2 is 2.06 bits per heavy atom. The van der Waals surface area contributed by atoms with E-state index in [9.17, 15) is 4.79 Å². The summed E-state index contributed by atoms with van der Waals surface area (Å²) in [5.41, 5.74) is 0.440. The molecule has 0 saturated heterocycles. The van der Waals surface area contributed by atoms with Crippen molar-refractivity contribution in [3.8, 4) is 5.88 Å². The largest absolute Gasteiger partial charge is 0.405 e. The lowest BCUT2D eigenvalue weighted by Gasteiger charge is -2.00. The van der Waals surface area contributed by atoms with Crippen LogP contribution in [0.4, 0.5) is 0 Å². The Kier molecular flexibility index (Phi) is 3.38. The van der Waals surface area contributed by atoms with Crippen molar-refractivity contribution < 1.29 is 9.53 Å². The normalized spacial score (nSPS) is 10.1. The molecule has 0 radical (unpaired) electrons. The van der Waals surface area contributed by atoms with E-state index in [4.69, 9.17) is 28.6 Å². The Bertz CT molecular complexity index is 559. The third-order valence-electron chi connectivity index (χ3n) is 1.78. The van der Waals surface area contributed by atoms with Gasteiger partial charge in [-0.15, -0.1) is 11.3 Å². The average Bonchev–Trinajstić information content (AvgIpc) is 2.65. The third-order valence-corrected chi connectivity index (χ3v) is 3.07. The number of hydrogen-bond acceptors (Lipinski definition) is 4. The van der Waals surface area contributed by atoms with Crippen LogP contribution in [0.3, 0.4) is 0 Å². The van der Waals surface area contributed by atoms with Gasteiger partial charge < -0.3 is 9.72 Å². The van der Waals surface area contributed by atoms with E-state index in [0.717, 1.165) is 0 Å². The van der Waals surface area contributed by atoms with E-state index in [1.54, 1.807) is 29.6 Å². The Balaban J connectivity index is 2.14. The van der Waals surface area contributed by atoms with E-state index in [1.807, 2.05) is 0 Å². The van der Waals surface area contributed by atoms with E-state index >= 15 is 0 Å². The van der Waals surface area contributed by atoms with Crippen LogP contribution in [-0.2, 0) is 0 Å². The summed E-state index contributed by atoms with van der Waals surface area (Å²) in [6.45, 7) is 0. The Morgan fingerprint density at radius 3 is 2.62 bits per heavy atom. The summed E-state index contributed by atoms with van der Waals surface area (Å²) in [4.78, 5) is 14.4. The standard InChI is InChI=1S/C10H6ClNO2S2/c11-7-3-1-6(2-4-7)9(13)14-8-5-16-10(15)12-8/h1-5H,(H,12,15). The zero-order valence-electron chi connectivity index (χ0n) is 7.90. The van der Waals surface area contributed by atoms with Crippen molar-refractivity contribution in [3.05, 3.63) is 44.2 Å². The highest BCUT2D eigenvalue weighted by Crippen LogP contribution is 2.15. The number of H-pyrrole nitrogens is 1. The second-order valence-electron chi connectivity index (χ2n) is 2.91. The molecule has 0 unspecified atom stereocenters. The minimum Gasteiger partial charge on any atom is -0.405 e. The van der Waals surface area contributed by atoms with Crippen LogP contribution in [0.5, 0.6) is 5.88 Å². The van der Waals surface area contributed by atoms with Crippen LogP contribution >= 0.6 is 35.2 Å². The van der Waals surface area contributed by atoms with E-state index in [1.165, 1.54) is 11.3 Å². The molecular formula is C10H6ClNO2S2. The van der Waals surface area contributed by atoms with Crippen LogP contribution in [0.2, 0.25) is 5.02 Å². The highest BCUT2D eigenvalue weighted by atomic mass is 35.5. The summed E-state index contributed by atoms with van der Waals surface area (Å²) in [5.74, 6) is -0.0873. The molecule has 0 saturated carbocycles. The molecule has 16 heavy (non-hydrogen) atoms. The highest BCUT2D eigenvalue weighted by molar-refractivity contribution is 7.73. The fourth-order valence-electron chi connectivity index (χ4n) is 1.06. The molecule has 0 spiro atoms. The lowest BCUT2D eigenvalue weighted by atomic mass is 10.2. The number of rotatable bonds is 2. The minimum absolute atomic E-state index is 0.356. The van der Waals surface area contributed by atoms with Gasteiger partial charge in [0.2, 0.25) is 5.88 Å². The first-order valence-corrected chi connectivity index (χ1v) is 5.97. The predicted molar refractivity (Wildman–Crippen MR) is 65.9 cm³/mol. The number of carbonyl (C=O) groups is 1. The molecule has 0 atom stereocenters. The molecule has 1 N–H and O–H groups in total. The van der Waals surface area contributed by atoms with Gasteiger partial charge in [-0.25, -0.2) is 4.79 Å². The summed E-state index contributed by atoms with van der Waals surface area (Å²) in [5, 5.41) is 2.22. The van der Waals surface area contributed by atoms with Crippen LogP contribution in [0, 0.1) is 3.95 Å². The van der Waals surface area contributed by atoms with Crippen molar-refractivity contribution in [1.29, 1.82) is 0 Å². The molecule has 2 rings (SSSR count). The predicted octanol–water partition coefficient (Wildman–Crippen LogP) is 3.68. The second kappa shape index (κ2) is 4.78. The number of halogens is 1. The Morgan fingerprint density at radius 1 is 1.38 bits per heavy atom. The fraction of sp³-hybridized carbons (Fsp3) is 0. The van der Waals surface area contributed by atoms with Crippen molar-refractivity contribution >= 4 is 41.1 Å². The molecule has 0 amide bonds. The summed E-state index contributed by atoms with van der Waals surface area (Å²) >= 11 is 11.9. The molecule has 0 aliphatic heterocycles. The topological polar surface area (TPSA) is 42.1 Å². The number of aromatic nitrogens is 1. The number of thiazole rings is 1. The molecule has 1 aromatic carbocycles. The van der Waals surface area contributed by atoms with E-state index in [2.05, 4.69) is 4.98 Å². The molecule has 0 bridgehead atoms. The van der Waals surface area contributed by atoms with Gasteiger partial charge in [0.25, 0.3) is 0 Å². The maximum absolute atomic E-state index is 11.6. The van der Waals surface area contributed by atoms with Gasteiger partial charge in [0, 0.05) is 5.02 Å². The van der Waals surface area contributed by atoms with Gasteiger partial charge in [-0.3, -0.25) is 0 Å².